The van der Waals surface area contributed by atoms with Crippen molar-refractivity contribution in [3.63, 3.8) is 0 Å². The quantitative estimate of drug-likeness (QED) is 0.785. The fourth-order valence-corrected chi connectivity index (χ4v) is 3.77. The maximum absolute atomic E-state index is 3.73. The van der Waals surface area contributed by atoms with Crippen molar-refractivity contribution in [2.75, 3.05) is 6.54 Å². The number of nitrogens with one attached hydrogen (secondary N) is 1. The maximum atomic E-state index is 3.73. The van der Waals surface area contributed by atoms with Gasteiger partial charge in [0.05, 0.1) is 0 Å². The number of rotatable bonds is 5. The molecule has 0 aromatic heterocycles. The lowest BCUT2D eigenvalue weighted by Crippen LogP contribution is -2.23. The second-order valence-electron chi connectivity index (χ2n) is 5.98. The molecule has 1 N–H and O–H groups in total. The van der Waals surface area contributed by atoms with Gasteiger partial charge in [-0.2, -0.15) is 0 Å². The second-order valence-corrected chi connectivity index (χ2v) is 6.83. The Bertz CT molecular complexity index is 608. The van der Waals surface area contributed by atoms with Gasteiger partial charge in [0.2, 0.25) is 0 Å². The molecule has 1 aliphatic rings. The van der Waals surface area contributed by atoms with Crippen LogP contribution in [-0.2, 0) is 0 Å². The van der Waals surface area contributed by atoms with Crippen molar-refractivity contribution in [2.24, 2.45) is 5.92 Å². The van der Waals surface area contributed by atoms with Crippen LogP contribution in [0.25, 0.3) is 0 Å². The Morgan fingerprint density at radius 3 is 2.67 bits per heavy atom. The van der Waals surface area contributed by atoms with E-state index >= 15 is 0 Å². The van der Waals surface area contributed by atoms with Gasteiger partial charge in [0.25, 0.3) is 0 Å². The van der Waals surface area contributed by atoms with Crippen molar-refractivity contribution in [3.05, 3.63) is 69.7 Å². The summed E-state index contributed by atoms with van der Waals surface area (Å²) in [4.78, 5) is 0. The monoisotopic (exact) mass is 343 g/mol. The summed E-state index contributed by atoms with van der Waals surface area (Å²) >= 11 is 3.73. The van der Waals surface area contributed by atoms with E-state index in [9.17, 15) is 0 Å². The summed E-state index contributed by atoms with van der Waals surface area (Å²) in [5.41, 5.74) is 4.21. The second kappa shape index (κ2) is 6.33. The third-order valence-electron chi connectivity index (χ3n) is 4.41. The van der Waals surface area contributed by atoms with Crippen LogP contribution < -0.4 is 5.32 Å². The zero-order valence-corrected chi connectivity index (χ0v) is 14.2. The molecule has 1 saturated carbocycles. The Kier molecular flexibility index (Phi) is 4.46. The van der Waals surface area contributed by atoms with Gasteiger partial charge in [-0.15, -0.1) is 0 Å². The van der Waals surface area contributed by atoms with E-state index in [1.807, 2.05) is 0 Å². The Hall–Kier alpha value is -1.12. The molecule has 0 radical (unpaired) electrons. The Morgan fingerprint density at radius 2 is 1.95 bits per heavy atom. The Balaban J connectivity index is 1.85. The van der Waals surface area contributed by atoms with Crippen molar-refractivity contribution in [1.82, 2.24) is 5.32 Å². The molecule has 110 valence electrons. The van der Waals surface area contributed by atoms with Crippen LogP contribution in [0.15, 0.2) is 53.0 Å². The molecule has 2 heteroatoms. The molecule has 0 amide bonds. The minimum atomic E-state index is 0.439. The van der Waals surface area contributed by atoms with Gasteiger partial charge in [0.15, 0.2) is 0 Å². The molecular formula is C19H22BrN. The highest BCUT2D eigenvalue weighted by Crippen LogP contribution is 2.54. The average molecular weight is 344 g/mol. The Morgan fingerprint density at radius 1 is 1.19 bits per heavy atom. The van der Waals surface area contributed by atoms with Gasteiger partial charge in [-0.3, -0.25) is 0 Å². The lowest BCUT2D eigenvalue weighted by Gasteiger charge is -2.21. The first-order valence-corrected chi connectivity index (χ1v) is 8.54. The van der Waals surface area contributed by atoms with Crippen LogP contribution in [0.4, 0.5) is 0 Å². The lowest BCUT2D eigenvalue weighted by molar-refractivity contribution is 0.485. The highest BCUT2D eigenvalue weighted by Gasteiger charge is 2.44. The number of hydrogen-bond donors (Lipinski definition) is 1. The van der Waals surface area contributed by atoms with Crippen molar-refractivity contribution in [2.45, 2.75) is 32.2 Å². The van der Waals surface area contributed by atoms with Crippen LogP contribution in [0.1, 0.15) is 42.0 Å². The first-order valence-electron chi connectivity index (χ1n) is 7.75. The number of hydrogen-bond acceptors (Lipinski definition) is 1. The molecule has 1 aliphatic carbocycles. The normalized spacial score (nSPS) is 22.0. The molecule has 1 nitrogen and oxygen atoms in total. The highest BCUT2D eigenvalue weighted by molar-refractivity contribution is 9.10. The molecule has 2 aromatic carbocycles. The van der Waals surface area contributed by atoms with Gasteiger partial charge in [0, 0.05) is 10.5 Å². The zero-order chi connectivity index (χ0) is 14.8. The van der Waals surface area contributed by atoms with E-state index in [0.717, 1.165) is 6.54 Å². The molecule has 3 unspecified atom stereocenters. The molecule has 1 fully saturated rings. The predicted octanol–water partition coefficient (Wildman–Crippen LogP) is 5.21. The predicted molar refractivity (Wildman–Crippen MR) is 92.6 cm³/mol. The fourth-order valence-electron chi connectivity index (χ4n) is 3.28. The van der Waals surface area contributed by atoms with Gasteiger partial charge in [-0.05, 0) is 48.9 Å². The van der Waals surface area contributed by atoms with Crippen LogP contribution in [0.2, 0.25) is 0 Å². The minimum Gasteiger partial charge on any atom is -0.310 e. The van der Waals surface area contributed by atoms with Crippen molar-refractivity contribution in [3.8, 4) is 0 Å². The van der Waals surface area contributed by atoms with Gasteiger partial charge in [-0.25, -0.2) is 0 Å². The SMILES string of the molecule is CCNC(c1cc(C)ccc1Br)C1CC1c1ccccc1. The third kappa shape index (κ3) is 3.22. The first kappa shape index (κ1) is 14.8. The van der Waals surface area contributed by atoms with Gasteiger partial charge in [-0.1, -0.05) is 70.9 Å². The fraction of sp³-hybridized carbons (Fsp3) is 0.368. The smallest absolute Gasteiger partial charge is 0.0365 e. The maximum Gasteiger partial charge on any atom is 0.0365 e. The van der Waals surface area contributed by atoms with Crippen molar-refractivity contribution in [1.29, 1.82) is 0 Å². The number of aryl methyl sites for hydroxylation is 1. The lowest BCUT2D eigenvalue weighted by atomic mass is 9.97. The summed E-state index contributed by atoms with van der Waals surface area (Å²) in [6.07, 6.45) is 1.28. The van der Waals surface area contributed by atoms with Crippen LogP contribution in [0.5, 0.6) is 0 Å². The molecule has 0 saturated heterocycles. The Labute approximate surface area is 135 Å². The summed E-state index contributed by atoms with van der Waals surface area (Å²) < 4.78 is 1.22. The summed E-state index contributed by atoms with van der Waals surface area (Å²) in [6.45, 7) is 5.36. The largest absolute Gasteiger partial charge is 0.310 e. The molecule has 21 heavy (non-hydrogen) atoms. The molecule has 0 spiro atoms. The molecule has 3 rings (SSSR count). The summed E-state index contributed by atoms with van der Waals surface area (Å²) in [7, 11) is 0. The molecule has 0 aliphatic heterocycles. The van der Waals surface area contributed by atoms with E-state index in [1.54, 1.807) is 0 Å². The van der Waals surface area contributed by atoms with Gasteiger partial charge in [0.1, 0.15) is 0 Å². The number of benzene rings is 2. The van der Waals surface area contributed by atoms with E-state index in [2.05, 4.69) is 83.6 Å². The van der Waals surface area contributed by atoms with Crippen LogP contribution in [-0.4, -0.2) is 6.54 Å². The van der Waals surface area contributed by atoms with E-state index < -0.39 is 0 Å². The van der Waals surface area contributed by atoms with Crippen molar-refractivity contribution >= 4 is 15.9 Å². The summed E-state index contributed by atoms with van der Waals surface area (Å²) in [6, 6.07) is 18.0. The minimum absolute atomic E-state index is 0.439. The number of halogens is 1. The van der Waals surface area contributed by atoms with Gasteiger partial charge >= 0.3 is 0 Å². The summed E-state index contributed by atoms with van der Waals surface area (Å²) in [5, 5.41) is 3.70. The van der Waals surface area contributed by atoms with Crippen LogP contribution in [0.3, 0.4) is 0 Å². The van der Waals surface area contributed by atoms with Crippen LogP contribution in [0, 0.1) is 12.8 Å². The van der Waals surface area contributed by atoms with E-state index in [4.69, 9.17) is 0 Å². The topological polar surface area (TPSA) is 12.0 Å². The molecule has 0 bridgehead atoms. The third-order valence-corrected chi connectivity index (χ3v) is 5.13. The van der Waals surface area contributed by atoms with Gasteiger partial charge < -0.3 is 5.32 Å². The standard InChI is InChI=1S/C19H22BrN/c1-3-21-19(17-11-13(2)9-10-18(17)20)16-12-15(16)14-7-5-4-6-8-14/h4-11,15-16,19,21H,3,12H2,1-2H3. The zero-order valence-electron chi connectivity index (χ0n) is 12.6. The molecule has 0 heterocycles. The molecule has 2 aromatic rings. The van der Waals surface area contributed by atoms with E-state index in [1.165, 1.54) is 27.6 Å². The molecule has 3 atom stereocenters. The van der Waals surface area contributed by atoms with Crippen LogP contribution >= 0.6 is 15.9 Å². The highest BCUT2D eigenvalue weighted by atomic mass is 79.9. The van der Waals surface area contributed by atoms with E-state index in [-0.39, 0.29) is 0 Å². The average Bonchev–Trinajstić information content (AvgIpc) is 3.29. The summed E-state index contributed by atoms with van der Waals surface area (Å²) in [5.74, 6) is 1.40. The van der Waals surface area contributed by atoms with E-state index in [0.29, 0.717) is 17.9 Å². The molecular weight excluding hydrogens is 322 g/mol. The van der Waals surface area contributed by atoms with Crippen molar-refractivity contribution < 1.29 is 0 Å². The first-order chi connectivity index (χ1) is 10.2.